The quantitative estimate of drug-likeness (QED) is 0.599. The summed E-state index contributed by atoms with van der Waals surface area (Å²) in [5, 5.41) is 12.4. The fourth-order valence-electron chi connectivity index (χ4n) is 1.32. The van der Waals surface area contributed by atoms with Gasteiger partial charge in [0.05, 0.1) is 5.69 Å². The molecule has 4 nitrogen and oxygen atoms in total. The van der Waals surface area contributed by atoms with Crippen LogP contribution < -0.4 is 0 Å². The lowest BCUT2D eigenvalue weighted by Crippen LogP contribution is -1.99. The molecular weight excluding hydrogens is 220 g/mol. The molecule has 2 rings (SSSR count). The standard InChI is InChI=1S/C11H12N4S/c1-3-7-16-11-12-13-14-15(11)10-6-4-5-9(2)8-10/h3-6,8H,1,7H2,2H3. The van der Waals surface area contributed by atoms with E-state index in [-0.39, 0.29) is 0 Å². The van der Waals surface area contributed by atoms with Crippen molar-refractivity contribution < 1.29 is 0 Å². The van der Waals surface area contributed by atoms with Gasteiger partial charge >= 0.3 is 0 Å². The molecule has 0 fully saturated rings. The van der Waals surface area contributed by atoms with Gasteiger partial charge in [0.25, 0.3) is 0 Å². The summed E-state index contributed by atoms with van der Waals surface area (Å²) in [5.41, 5.74) is 2.17. The SMILES string of the molecule is C=CCSc1nnnn1-c1cccc(C)c1. The number of rotatable bonds is 4. The van der Waals surface area contributed by atoms with Gasteiger partial charge in [-0.25, -0.2) is 0 Å². The van der Waals surface area contributed by atoms with E-state index in [9.17, 15) is 0 Å². The third kappa shape index (κ3) is 2.30. The number of aromatic nitrogens is 4. The van der Waals surface area contributed by atoms with Gasteiger partial charge in [-0.3, -0.25) is 0 Å². The summed E-state index contributed by atoms with van der Waals surface area (Å²) in [4.78, 5) is 0. The van der Waals surface area contributed by atoms with Gasteiger partial charge in [-0.05, 0) is 35.0 Å². The average molecular weight is 232 g/mol. The molecule has 16 heavy (non-hydrogen) atoms. The maximum atomic E-state index is 3.98. The Morgan fingerprint density at radius 3 is 3.12 bits per heavy atom. The first kappa shape index (κ1) is 10.9. The molecule has 1 aromatic heterocycles. The van der Waals surface area contributed by atoms with E-state index in [4.69, 9.17) is 0 Å². The first-order valence-electron chi connectivity index (χ1n) is 4.90. The summed E-state index contributed by atoms with van der Waals surface area (Å²) in [5.74, 6) is 0.798. The molecule has 5 heteroatoms. The number of tetrazole rings is 1. The normalized spacial score (nSPS) is 10.3. The van der Waals surface area contributed by atoms with Gasteiger partial charge < -0.3 is 0 Å². The molecule has 0 unspecified atom stereocenters. The molecule has 0 aliphatic rings. The number of aryl methyl sites for hydroxylation is 1. The van der Waals surface area contributed by atoms with E-state index in [0.717, 1.165) is 16.6 Å². The van der Waals surface area contributed by atoms with E-state index in [1.54, 1.807) is 16.4 Å². The van der Waals surface area contributed by atoms with Crippen LogP contribution in [0.5, 0.6) is 0 Å². The second-order valence-electron chi connectivity index (χ2n) is 3.31. The summed E-state index contributed by atoms with van der Waals surface area (Å²) in [6, 6.07) is 8.08. The van der Waals surface area contributed by atoms with Gasteiger partial charge in [-0.1, -0.05) is 30.0 Å². The topological polar surface area (TPSA) is 43.6 Å². The van der Waals surface area contributed by atoms with E-state index >= 15 is 0 Å². The predicted octanol–water partition coefficient (Wildman–Crippen LogP) is 2.25. The van der Waals surface area contributed by atoms with Crippen LogP contribution in [0.1, 0.15) is 5.56 Å². The zero-order valence-electron chi connectivity index (χ0n) is 9.00. The molecule has 1 aromatic carbocycles. The lowest BCUT2D eigenvalue weighted by atomic mass is 10.2. The fourth-order valence-corrected chi connectivity index (χ4v) is 1.95. The van der Waals surface area contributed by atoms with E-state index in [1.807, 2.05) is 37.3 Å². The molecule has 0 N–H and O–H groups in total. The van der Waals surface area contributed by atoms with Gasteiger partial charge in [0.1, 0.15) is 0 Å². The maximum Gasteiger partial charge on any atom is 0.214 e. The van der Waals surface area contributed by atoms with Crippen molar-refractivity contribution in [1.29, 1.82) is 0 Å². The van der Waals surface area contributed by atoms with Crippen molar-refractivity contribution in [2.45, 2.75) is 12.1 Å². The van der Waals surface area contributed by atoms with Gasteiger partial charge in [0.15, 0.2) is 0 Å². The number of hydrogen-bond donors (Lipinski definition) is 0. The molecule has 1 heterocycles. The summed E-state index contributed by atoms with van der Waals surface area (Å²) in [7, 11) is 0. The minimum atomic E-state index is 0.783. The molecular formula is C11H12N4S. The predicted molar refractivity (Wildman–Crippen MR) is 64.8 cm³/mol. The Hall–Kier alpha value is -1.62. The van der Waals surface area contributed by atoms with Crippen LogP contribution >= 0.6 is 11.8 Å². The van der Waals surface area contributed by atoms with Crippen molar-refractivity contribution in [3.63, 3.8) is 0 Å². The van der Waals surface area contributed by atoms with Gasteiger partial charge in [-0.15, -0.1) is 11.7 Å². The molecule has 0 atom stereocenters. The highest BCUT2D eigenvalue weighted by molar-refractivity contribution is 7.99. The molecule has 2 aromatic rings. The van der Waals surface area contributed by atoms with E-state index < -0.39 is 0 Å². The Kier molecular flexibility index (Phi) is 3.36. The minimum absolute atomic E-state index is 0.783. The zero-order valence-corrected chi connectivity index (χ0v) is 9.81. The minimum Gasteiger partial charge on any atom is -0.187 e. The molecule has 0 saturated heterocycles. The molecule has 82 valence electrons. The Morgan fingerprint density at radius 1 is 1.50 bits per heavy atom. The highest BCUT2D eigenvalue weighted by Gasteiger charge is 2.07. The largest absolute Gasteiger partial charge is 0.214 e. The number of benzene rings is 1. The molecule has 0 aliphatic heterocycles. The van der Waals surface area contributed by atoms with Gasteiger partial charge in [0.2, 0.25) is 5.16 Å². The van der Waals surface area contributed by atoms with E-state index in [2.05, 4.69) is 22.1 Å². The summed E-state index contributed by atoms with van der Waals surface area (Å²) >= 11 is 1.56. The zero-order chi connectivity index (χ0) is 11.4. The van der Waals surface area contributed by atoms with Crippen LogP contribution in [-0.4, -0.2) is 26.0 Å². The van der Waals surface area contributed by atoms with Crippen LogP contribution in [-0.2, 0) is 0 Å². The molecule has 0 radical (unpaired) electrons. The molecule has 0 saturated carbocycles. The summed E-state index contributed by atoms with van der Waals surface area (Å²) in [6.07, 6.45) is 1.83. The van der Waals surface area contributed by atoms with Crippen LogP contribution in [0.2, 0.25) is 0 Å². The highest BCUT2D eigenvalue weighted by atomic mass is 32.2. The third-order valence-electron chi connectivity index (χ3n) is 2.02. The lowest BCUT2D eigenvalue weighted by Gasteiger charge is -2.03. The van der Waals surface area contributed by atoms with Crippen LogP contribution in [0.4, 0.5) is 0 Å². The van der Waals surface area contributed by atoms with Crippen molar-refractivity contribution >= 4 is 11.8 Å². The third-order valence-corrected chi connectivity index (χ3v) is 2.93. The van der Waals surface area contributed by atoms with Gasteiger partial charge in [0, 0.05) is 5.75 Å². The first-order chi connectivity index (χ1) is 7.81. The summed E-state index contributed by atoms with van der Waals surface area (Å²) < 4.78 is 1.74. The van der Waals surface area contributed by atoms with Crippen molar-refractivity contribution in [2.24, 2.45) is 0 Å². The van der Waals surface area contributed by atoms with E-state index in [1.165, 1.54) is 5.56 Å². The average Bonchev–Trinajstić information content (AvgIpc) is 2.74. The molecule has 0 bridgehead atoms. The van der Waals surface area contributed by atoms with Crippen molar-refractivity contribution in [3.8, 4) is 5.69 Å². The smallest absolute Gasteiger partial charge is 0.187 e. The monoisotopic (exact) mass is 232 g/mol. The van der Waals surface area contributed by atoms with Gasteiger partial charge in [-0.2, -0.15) is 4.68 Å². The molecule has 0 aliphatic carbocycles. The highest BCUT2D eigenvalue weighted by Crippen LogP contribution is 2.18. The second-order valence-corrected chi connectivity index (χ2v) is 4.30. The number of hydrogen-bond acceptors (Lipinski definition) is 4. The molecule has 0 amide bonds. The van der Waals surface area contributed by atoms with Crippen LogP contribution in [0.25, 0.3) is 5.69 Å². The second kappa shape index (κ2) is 4.94. The van der Waals surface area contributed by atoms with Crippen LogP contribution in [0, 0.1) is 6.92 Å². The van der Waals surface area contributed by atoms with Crippen molar-refractivity contribution in [2.75, 3.05) is 5.75 Å². The van der Waals surface area contributed by atoms with Crippen molar-refractivity contribution in [1.82, 2.24) is 20.2 Å². The Bertz CT molecular complexity index is 492. The molecule has 0 spiro atoms. The van der Waals surface area contributed by atoms with Crippen LogP contribution in [0.15, 0.2) is 42.1 Å². The lowest BCUT2D eigenvalue weighted by molar-refractivity contribution is 0.756. The Morgan fingerprint density at radius 2 is 2.38 bits per heavy atom. The van der Waals surface area contributed by atoms with E-state index in [0.29, 0.717) is 0 Å². The Labute approximate surface area is 98.4 Å². The number of thioether (sulfide) groups is 1. The first-order valence-corrected chi connectivity index (χ1v) is 5.89. The maximum absolute atomic E-state index is 3.98. The Balaban J connectivity index is 2.32. The van der Waals surface area contributed by atoms with Crippen LogP contribution in [0.3, 0.4) is 0 Å². The number of nitrogens with zero attached hydrogens (tertiary/aromatic N) is 4. The fraction of sp³-hybridized carbons (Fsp3) is 0.182. The summed E-state index contributed by atoms with van der Waals surface area (Å²) in [6.45, 7) is 5.72. The van der Waals surface area contributed by atoms with Crippen molar-refractivity contribution in [3.05, 3.63) is 42.5 Å².